The van der Waals surface area contributed by atoms with E-state index < -0.39 is 17.8 Å². The fourth-order valence-electron chi connectivity index (χ4n) is 2.31. The molecule has 3 heteroatoms. The zero-order chi connectivity index (χ0) is 12.5. The first-order valence-electron chi connectivity index (χ1n) is 5.94. The smallest absolute Gasteiger partial charge is 0.244 e. The number of rotatable bonds is 1. The van der Waals surface area contributed by atoms with Crippen molar-refractivity contribution in [1.82, 2.24) is 0 Å². The summed E-state index contributed by atoms with van der Waals surface area (Å²) in [4.78, 5) is 24.1. The molecule has 1 aromatic carbocycles. The number of fused-ring (bicyclic) bond motifs is 1. The van der Waals surface area contributed by atoms with Gasteiger partial charge in [-0.1, -0.05) is 42.5 Å². The zero-order valence-corrected chi connectivity index (χ0v) is 9.71. The van der Waals surface area contributed by atoms with E-state index in [2.05, 4.69) is 0 Å². The van der Waals surface area contributed by atoms with Gasteiger partial charge in [0.05, 0.1) is 5.92 Å². The largest absolute Gasteiger partial charge is 0.481 e. The Kier molecular flexibility index (Phi) is 2.59. The van der Waals surface area contributed by atoms with Crippen LogP contribution in [0.4, 0.5) is 0 Å². The Labute approximate surface area is 105 Å². The Morgan fingerprint density at radius 3 is 2.61 bits per heavy atom. The van der Waals surface area contributed by atoms with Crippen molar-refractivity contribution < 1.29 is 14.3 Å². The molecule has 3 rings (SSSR count). The van der Waals surface area contributed by atoms with Gasteiger partial charge in [0.25, 0.3) is 0 Å². The van der Waals surface area contributed by atoms with Crippen molar-refractivity contribution in [2.45, 2.75) is 12.5 Å². The van der Waals surface area contributed by atoms with E-state index in [1.165, 1.54) is 0 Å². The second kappa shape index (κ2) is 4.26. The number of ketones is 2. The van der Waals surface area contributed by atoms with Gasteiger partial charge in [0.2, 0.25) is 11.6 Å². The number of carbonyl (C=O) groups excluding carboxylic acids is 2. The van der Waals surface area contributed by atoms with Gasteiger partial charge in [-0.15, -0.1) is 0 Å². The van der Waals surface area contributed by atoms with Crippen molar-refractivity contribution in [3.05, 3.63) is 59.9 Å². The van der Waals surface area contributed by atoms with Crippen molar-refractivity contribution in [1.29, 1.82) is 0 Å². The van der Waals surface area contributed by atoms with Crippen LogP contribution in [0.25, 0.3) is 0 Å². The highest BCUT2D eigenvalue weighted by molar-refractivity contribution is 6.40. The third kappa shape index (κ3) is 1.68. The molecule has 1 saturated heterocycles. The van der Waals surface area contributed by atoms with E-state index in [0.29, 0.717) is 12.2 Å². The number of ether oxygens (including phenoxy) is 1. The summed E-state index contributed by atoms with van der Waals surface area (Å²) in [5.41, 5.74) is 0.727. The minimum Gasteiger partial charge on any atom is -0.481 e. The lowest BCUT2D eigenvalue weighted by Crippen LogP contribution is -2.37. The Morgan fingerprint density at radius 2 is 1.83 bits per heavy atom. The van der Waals surface area contributed by atoms with E-state index in [1.807, 2.05) is 30.4 Å². The average Bonchev–Trinajstić information content (AvgIpc) is 2.44. The molecule has 0 amide bonds. The topological polar surface area (TPSA) is 43.4 Å². The van der Waals surface area contributed by atoms with Gasteiger partial charge < -0.3 is 4.74 Å². The molecule has 2 atom stereocenters. The highest BCUT2D eigenvalue weighted by Crippen LogP contribution is 2.35. The molecule has 2 aliphatic rings. The molecule has 0 spiro atoms. The molecule has 0 N–H and O–H groups in total. The normalized spacial score (nSPS) is 26.3. The SMILES string of the molecule is O=C1C(=O)C(c2ccccc2)OC2=CC=CCC12. The van der Waals surface area contributed by atoms with Crippen molar-refractivity contribution >= 4 is 11.6 Å². The maximum absolute atomic E-state index is 12.1. The monoisotopic (exact) mass is 240 g/mol. The number of carbonyl (C=O) groups is 2. The molecule has 90 valence electrons. The Morgan fingerprint density at radius 1 is 1.06 bits per heavy atom. The second-order valence-electron chi connectivity index (χ2n) is 4.42. The molecule has 0 saturated carbocycles. The standard InChI is InChI=1S/C15H12O3/c16-13-11-8-4-5-9-12(11)18-15(14(13)17)10-6-2-1-3-7-10/h1-7,9,11,15H,8H2. The van der Waals surface area contributed by atoms with Crippen molar-refractivity contribution in [3.8, 4) is 0 Å². The molecule has 18 heavy (non-hydrogen) atoms. The molecule has 1 aliphatic heterocycles. The number of hydrogen-bond acceptors (Lipinski definition) is 3. The third-order valence-electron chi connectivity index (χ3n) is 3.27. The highest BCUT2D eigenvalue weighted by atomic mass is 16.5. The highest BCUT2D eigenvalue weighted by Gasteiger charge is 2.41. The Hall–Kier alpha value is -2.16. The van der Waals surface area contributed by atoms with Crippen LogP contribution in [0.3, 0.4) is 0 Å². The Bertz CT molecular complexity index is 554. The van der Waals surface area contributed by atoms with Crippen molar-refractivity contribution in [3.63, 3.8) is 0 Å². The summed E-state index contributed by atoms with van der Waals surface area (Å²) in [6.45, 7) is 0. The first-order valence-corrected chi connectivity index (χ1v) is 5.94. The molecular weight excluding hydrogens is 228 g/mol. The van der Waals surface area contributed by atoms with Crippen LogP contribution in [0, 0.1) is 5.92 Å². The van der Waals surface area contributed by atoms with Crippen LogP contribution in [0.1, 0.15) is 18.1 Å². The molecular formula is C15H12O3. The van der Waals surface area contributed by atoms with E-state index in [4.69, 9.17) is 4.74 Å². The molecule has 0 bridgehead atoms. The van der Waals surface area contributed by atoms with E-state index >= 15 is 0 Å². The van der Waals surface area contributed by atoms with Crippen LogP contribution in [0.5, 0.6) is 0 Å². The van der Waals surface area contributed by atoms with Gasteiger partial charge in [-0.25, -0.2) is 0 Å². The lowest BCUT2D eigenvalue weighted by Gasteiger charge is -2.30. The minimum atomic E-state index is -0.785. The van der Waals surface area contributed by atoms with Gasteiger partial charge in [-0.2, -0.15) is 0 Å². The summed E-state index contributed by atoms with van der Waals surface area (Å²) in [6.07, 6.45) is 5.28. The first-order chi connectivity index (χ1) is 8.77. The van der Waals surface area contributed by atoms with Crippen LogP contribution >= 0.6 is 0 Å². The fourth-order valence-corrected chi connectivity index (χ4v) is 2.31. The number of hydrogen-bond donors (Lipinski definition) is 0. The second-order valence-corrected chi connectivity index (χ2v) is 4.42. The number of Topliss-reactive ketones (excluding diaryl/α,β-unsaturated/α-hetero) is 2. The zero-order valence-electron chi connectivity index (χ0n) is 9.71. The molecule has 1 aromatic rings. The summed E-state index contributed by atoms with van der Waals surface area (Å²) in [7, 11) is 0. The van der Waals surface area contributed by atoms with Gasteiger partial charge in [0, 0.05) is 5.56 Å². The van der Waals surface area contributed by atoms with Gasteiger partial charge in [0.1, 0.15) is 5.76 Å². The predicted octanol–water partition coefficient (Wildman–Crippen LogP) is 2.36. The lowest BCUT2D eigenvalue weighted by atomic mass is 9.86. The molecule has 1 aliphatic carbocycles. The number of allylic oxidation sites excluding steroid dienone is 4. The summed E-state index contributed by atoms with van der Waals surface area (Å²) < 4.78 is 5.70. The average molecular weight is 240 g/mol. The fraction of sp³-hybridized carbons (Fsp3) is 0.200. The Balaban J connectivity index is 1.98. The number of benzene rings is 1. The van der Waals surface area contributed by atoms with Gasteiger partial charge in [-0.05, 0) is 12.5 Å². The minimum absolute atomic E-state index is 0.342. The summed E-state index contributed by atoms with van der Waals surface area (Å²) in [6, 6.07) is 9.13. The van der Waals surface area contributed by atoms with E-state index in [9.17, 15) is 9.59 Å². The van der Waals surface area contributed by atoms with Crippen LogP contribution in [0.2, 0.25) is 0 Å². The molecule has 0 radical (unpaired) electrons. The molecule has 1 heterocycles. The quantitative estimate of drug-likeness (QED) is 0.708. The maximum Gasteiger partial charge on any atom is 0.244 e. The van der Waals surface area contributed by atoms with Crippen LogP contribution in [-0.2, 0) is 14.3 Å². The van der Waals surface area contributed by atoms with Gasteiger partial charge in [-0.3, -0.25) is 9.59 Å². The predicted molar refractivity (Wildman–Crippen MR) is 65.6 cm³/mol. The van der Waals surface area contributed by atoms with E-state index in [0.717, 1.165) is 5.56 Å². The summed E-state index contributed by atoms with van der Waals surface area (Å²) in [5.74, 6) is -0.595. The van der Waals surface area contributed by atoms with E-state index in [-0.39, 0.29) is 5.78 Å². The summed E-state index contributed by atoms with van der Waals surface area (Å²) in [5, 5.41) is 0. The van der Waals surface area contributed by atoms with Crippen molar-refractivity contribution in [2.24, 2.45) is 5.92 Å². The van der Waals surface area contributed by atoms with Crippen LogP contribution < -0.4 is 0 Å². The van der Waals surface area contributed by atoms with E-state index in [1.54, 1.807) is 18.2 Å². The van der Waals surface area contributed by atoms with Crippen LogP contribution in [0.15, 0.2) is 54.3 Å². The molecule has 1 fully saturated rings. The van der Waals surface area contributed by atoms with Crippen LogP contribution in [-0.4, -0.2) is 11.6 Å². The maximum atomic E-state index is 12.1. The summed E-state index contributed by atoms with van der Waals surface area (Å²) >= 11 is 0. The molecule has 2 unspecified atom stereocenters. The van der Waals surface area contributed by atoms with Gasteiger partial charge in [0.15, 0.2) is 6.10 Å². The third-order valence-corrected chi connectivity index (χ3v) is 3.27. The molecule has 0 aromatic heterocycles. The first kappa shape index (κ1) is 11.0. The lowest BCUT2D eigenvalue weighted by molar-refractivity contribution is -0.149. The van der Waals surface area contributed by atoms with Gasteiger partial charge >= 0.3 is 0 Å². The van der Waals surface area contributed by atoms with Crippen molar-refractivity contribution in [2.75, 3.05) is 0 Å². The molecule has 3 nitrogen and oxygen atoms in total.